The van der Waals surface area contributed by atoms with Crippen LogP contribution in [0, 0.1) is 13.8 Å². The number of benzene rings is 1. The monoisotopic (exact) mass is 415 g/mol. The van der Waals surface area contributed by atoms with E-state index in [9.17, 15) is 0 Å². The van der Waals surface area contributed by atoms with Gasteiger partial charge in [-0.25, -0.2) is 9.98 Å². The van der Waals surface area contributed by atoms with Crippen LogP contribution in [0.15, 0.2) is 29.3 Å². The van der Waals surface area contributed by atoms with Crippen molar-refractivity contribution in [1.82, 2.24) is 20.5 Å². The van der Waals surface area contributed by atoms with Crippen LogP contribution < -0.4 is 15.4 Å². The molecule has 1 aliphatic rings. The van der Waals surface area contributed by atoms with Gasteiger partial charge in [-0.15, -0.1) is 11.3 Å². The lowest BCUT2D eigenvalue weighted by molar-refractivity contribution is 0.245. The van der Waals surface area contributed by atoms with E-state index < -0.39 is 0 Å². The molecule has 2 N–H and O–H groups in total. The molecule has 1 aromatic heterocycles. The second kappa shape index (κ2) is 10.6. The van der Waals surface area contributed by atoms with E-state index in [1.54, 1.807) is 18.4 Å². The van der Waals surface area contributed by atoms with Crippen molar-refractivity contribution >= 4 is 17.3 Å². The van der Waals surface area contributed by atoms with Crippen LogP contribution in [0.2, 0.25) is 0 Å². The number of methoxy groups -OCH3 is 1. The van der Waals surface area contributed by atoms with Crippen LogP contribution in [-0.4, -0.2) is 49.1 Å². The summed E-state index contributed by atoms with van der Waals surface area (Å²) in [5, 5.41) is 7.99. The standard InChI is InChI=1S/C22H33N5OS/c1-5-23-22(25-15-21-26-16(2)17(3)29-21)24-14-20(27-12-6-7-13-27)18-8-10-19(28-4)11-9-18/h8-11,20H,5-7,12-15H2,1-4H3,(H2,23,24,25). The first-order valence-electron chi connectivity index (χ1n) is 10.4. The minimum atomic E-state index is 0.316. The molecule has 1 atom stereocenters. The third-order valence-electron chi connectivity index (χ3n) is 5.33. The second-order valence-electron chi connectivity index (χ2n) is 7.36. The van der Waals surface area contributed by atoms with Gasteiger partial charge in [-0.2, -0.15) is 0 Å². The van der Waals surface area contributed by atoms with Gasteiger partial charge in [0.05, 0.1) is 25.4 Å². The molecule has 1 saturated heterocycles. The van der Waals surface area contributed by atoms with Gasteiger partial charge >= 0.3 is 0 Å². The van der Waals surface area contributed by atoms with Gasteiger partial charge in [-0.05, 0) is 64.4 Å². The maximum atomic E-state index is 5.33. The number of aliphatic imine (C=N–C) groups is 1. The Labute approximate surface area is 178 Å². The Morgan fingerprint density at radius 2 is 1.93 bits per heavy atom. The molecule has 0 radical (unpaired) electrons. The van der Waals surface area contributed by atoms with Crippen molar-refractivity contribution in [2.24, 2.45) is 4.99 Å². The Morgan fingerprint density at radius 1 is 1.21 bits per heavy atom. The highest BCUT2D eigenvalue weighted by molar-refractivity contribution is 7.11. The van der Waals surface area contributed by atoms with E-state index in [0.717, 1.165) is 48.6 Å². The molecule has 0 bridgehead atoms. The highest BCUT2D eigenvalue weighted by atomic mass is 32.1. The second-order valence-corrected chi connectivity index (χ2v) is 8.65. The van der Waals surface area contributed by atoms with Gasteiger partial charge in [0.2, 0.25) is 0 Å². The van der Waals surface area contributed by atoms with E-state index in [1.165, 1.54) is 23.3 Å². The van der Waals surface area contributed by atoms with E-state index in [2.05, 4.69) is 53.4 Å². The van der Waals surface area contributed by atoms with Crippen LogP contribution in [0.5, 0.6) is 5.75 Å². The minimum Gasteiger partial charge on any atom is -0.497 e. The number of rotatable bonds is 8. The summed E-state index contributed by atoms with van der Waals surface area (Å²) >= 11 is 1.73. The number of thiazole rings is 1. The number of guanidine groups is 1. The Bertz CT molecular complexity index is 777. The first-order chi connectivity index (χ1) is 14.1. The molecule has 0 spiro atoms. The van der Waals surface area contributed by atoms with Gasteiger partial charge in [-0.3, -0.25) is 4.90 Å². The fraction of sp³-hybridized carbons (Fsp3) is 0.545. The van der Waals surface area contributed by atoms with Crippen molar-refractivity contribution in [3.8, 4) is 5.75 Å². The fourth-order valence-corrected chi connectivity index (χ4v) is 4.48. The third kappa shape index (κ3) is 5.93. The highest BCUT2D eigenvalue weighted by Gasteiger charge is 2.23. The number of hydrogen-bond acceptors (Lipinski definition) is 5. The van der Waals surface area contributed by atoms with E-state index in [4.69, 9.17) is 9.73 Å². The number of aromatic nitrogens is 1. The Balaban J connectivity index is 1.69. The molecule has 1 aliphatic heterocycles. The molecule has 2 aromatic rings. The van der Waals surface area contributed by atoms with Gasteiger partial charge in [0.1, 0.15) is 10.8 Å². The van der Waals surface area contributed by atoms with E-state index in [-0.39, 0.29) is 0 Å². The lowest BCUT2D eigenvalue weighted by Crippen LogP contribution is -2.42. The summed E-state index contributed by atoms with van der Waals surface area (Å²) in [4.78, 5) is 13.2. The summed E-state index contributed by atoms with van der Waals surface area (Å²) in [6.45, 7) is 10.8. The molecular formula is C22H33N5OS. The van der Waals surface area contributed by atoms with Crippen molar-refractivity contribution in [2.45, 2.75) is 46.2 Å². The summed E-state index contributed by atoms with van der Waals surface area (Å²) in [7, 11) is 1.71. The van der Waals surface area contributed by atoms with Crippen molar-refractivity contribution in [1.29, 1.82) is 0 Å². The maximum absolute atomic E-state index is 5.33. The summed E-state index contributed by atoms with van der Waals surface area (Å²) in [6, 6.07) is 8.76. The topological polar surface area (TPSA) is 61.8 Å². The molecule has 7 heteroatoms. The van der Waals surface area contributed by atoms with Crippen LogP contribution in [0.3, 0.4) is 0 Å². The lowest BCUT2D eigenvalue weighted by atomic mass is 10.1. The molecule has 2 heterocycles. The molecule has 1 fully saturated rings. The fourth-order valence-electron chi connectivity index (χ4n) is 3.63. The molecule has 3 rings (SSSR count). The van der Waals surface area contributed by atoms with Crippen LogP contribution in [-0.2, 0) is 6.54 Å². The smallest absolute Gasteiger partial charge is 0.191 e. The number of nitrogens with one attached hydrogen (secondary N) is 2. The number of nitrogens with zero attached hydrogens (tertiary/aromatic N) is 3. The number of hydrogen-bond donors (Lipinski definition) is 2. The molecule has 1 unspecified atom stereocenters. The normalized spacial score (nSPS) is 16.1. The van der Waals surface area contributed by atoms with Gasteiger partial charge in [-0.1, -0.05) is 12.1 Å². The summed E-state index contributed by atoms with van der Waals surface area (Å²) in [6.07, 6.45) is 2.53. The molecule has 158 valence electrons. The average Bonchev–Trinajstić information content (AvgIpc) is 3.37. The van der Waals surface area contributed by atoms with Gasteiger partial charge in [0.25, 0.3) is 0 Å². The Kier molecular flexibility index (Phi) is 7.89. The number of aryl methyl sites for hydroxylation is 2. The van der Waals surface area contributed by atoms with Crippen LogP contribution in [0.4, 0.5) is 0 Å². The number of likely N-dealkylation sites (tertiary alicyclic amines) is 1. The Hall–Kier alpha value is -2.12. The summed E-state index contributed by atoms with van der Waals surface area (Å²) in [5.41, 5.74) is 2.41. The van der Waals surface area contributed by atoms with E-state index >= 15 is 0 Å². The molecular weight excluding hydrogens is 382 g/mol. The molecule has 1 aromatic carbocycles. The van der Waals surface area contributed by atoms with Crippen LogP contribution in [0.25, 0.3) is 0 Å². The quantitative estimate of drug-likeness (QED) is 0.509. The highest BCUT2D eigenvalue weighted by Crippen LogP contribution is 2.26. The molecule has 0 amide bonds. The van der Waals surface area contributed by atoms with E-state index in [0.29, 0.717) is 12.6 Å². The van der Waals surface area contributed by atoms with Crippen LogP contribution in [0.1, 0.15) is 46.9 Å². The minimum absolute atomic E-state index is 0.316. The summed E-state index contributed by atoms with van der Waals surface area (Å²) in [5.74, 6) is 1.74. The van der Waals surface area contributed by atoms with Crippen molar-refractivity contribution in [2.75, 3.05) is 33.3 Å². The third-order valence-corrected chi connectivity index (χ3v) is 6.39. The van der Waals surface area contributed by atoms with Gasteiger partial charge in [0, 0.05) is 18.0 Å². The first kappa shape index (κ1) is 21.6. The van der Waals surface area contributed by atoms with Gasteiger partial charge in [0.15, 0.2) is 5.96 Å². The molecule has 29 heavy (non-hydrogen) atoms. The molecule has 0 aliphatic carbocycles. The zero-order chi connectivity index (χ0) is 20.6. The predicted octanol–water partition coefficient (Wildman–Crippen LogP) is 3.66. The average molecular weight is 416 g/mol. The SMILES string of the molecule is CCNC(=NCc1nc(C)c(C)s1)NCC(c1ccc(OC)cc1)N1CCCC1. The lowest BCUT2D eigenvalue weighted by Gasteiger charge is -2.29. The predicted molar refractivity (Wildman–Crippen MR) is 121 cm³/mol. The van der Waals surface area contributed by atoms with Crippen molar-refractivity contribution in [3.05, 3.63) is 45.4 Å². The largest absolute Gasteiger partial charge is 0.497 e. The van der Waals surface area contributed by atoms with E-state index in [1.807, 2.05) is 12.1 Å². The summed E-state index contributed by atoms with van der Waals surface area (Å²) < 4.78 is 5.33. The Morgan fingerprint density at radius 3 is 2.52 bits per heavy atom. The zero-order valence-electron chi connectivity index (χ0n) is 18.0. The first-order valence-corrected chi connectivity index (χ1v) is 11.3. The number of ether oxygens (including phenoxy) is 1. The maximum Gasteiger partial charge on any atom is 0.191 e. The van der Waals surface area contributed by atoms with Gasteiger partial charge < -0.3 is 15.4 Å². The molecule has 0 saturated carbocycles. The molecule has 6 nitrogen and oxygen atoms in total. The zero-order valence-corrected chi connectivity index (χ0v) is 18.8. The van der Waals surface area contributed by atoms with Crippen LogP contribution >= 0.6 is 11.3 Å². The van der Waals surface area contributed by atoms with Crippen molar-refractivity contribution in [3.63, 3.8) is 0 Å². The van der Waals surface area contributed by atoms with Crippen molar-refractivity contribution < 1.29 is 4.74 Å².